The van der Waals surface area contributed by atoms with Crippen molar-refractivity contribution in [3.63, 3.8) is 0 Å². The summed E-state index contributed by atoms with van der Waals surface area (Å²) in [7, 11) is 1.41. The molecule has 0 radical (unpaired) electrons. The molecule has 29 heavy (non-hydrogen) atoms. The van der Waals surface area contributed by atoms with Gasteiger partial charge in [-0.2, -0.15) is 4.31 Å². The molecule has 2 aliphatic rings. The summed E-state index contributed by atoms with van der Waals surface area (Å²) in [5, 5.41) is 11.8. The maximum Gasteiger partial charge on any atom is 0.293 e. The molecule has 2 fully saturated rings. The van der Waals surface area contributed by atoms with Crippen molar-refractivity contribution in [2.45, 2.75) is 23.8 Å². The smallest absolute Gasteiger partial charge is 0.293 e. The highest BCUT2D eigenvalue weighted by Crippen LogP contribution is 2.36. The Morgan fingerprint density at radius 1 is 1.17 bits per heavy atom. The van der Waals surface area contributed by atoms with Gasteiger partial charge in [-0.1, -0.05) is 0 Å². The Morgan fingerprint density at radius 2 is 1.83 bits per heavy atom. The molecule has 0 aliphatic carbocycles. The van der Waals surface area contributed by atoms with Crippen LogP contribution in [0, 0.1) is 10.1 Å². The number of amides is 1. The first-order valence-electron chi connectivity index (χ1n) is 9.58. The Morgan fingerprint density at radius 3 is 2.41 bits per heavy atom. The molecule has 11 heteroatoms. The van der Waals surface area contributed by atoms with Gasteiger partial charge >= 0.3 is 0 Å². The number of rotatable bonds is 5. The predicted molar refractivity (Wildman–Crippen MR) is 108 cm³/mol. The quantitative estimate of drug-likeness (QED) is 0.502. The van der Waals surface area contributed by atoms with Crippen LogP contribution in [0.4, 0.5) is 11.4 Å². The molecule has 1 aromatic rings. The van der Waals surface area contributed by atoms with Crippen molar-refractivity contribution < 1.29 is 18.1 Å². The second-order valence-electron chi connectivity index (χ2n) is 7.70. The van der Waals surface area contributed by atoms with Gasteiger partial charge in [0.1, 0.15) is 11.7 Å². The van der Waals surface area contributed by atoms with Crippen molar-refractivity contribution in [2.24, 2.45) is 0 Å². The zero-order valence-corrected chi connectivity index (χ0v) is 17.8. The summed E-state index contributed by atoms with van der Waals surface area (Å²) in [4.78, 5) is 28.8. The first-order chi connectivity index (χ1) is 13.6. The van der Waals surface area contributed by atoms with Crippen LogP contribution in [0.1, 0.15) is 12.8 Å². The number of anilines is 1. The molecule has 2 aliphatic heterocycles. The van der Waals surface area contributed by atoms with Crippen molar-refractivity contribution in [1.82, 2.24) is 14.1 Å². The number of nitrogens with zero attached hydrogens (tertiary/aromatic N) is 5. The van der Waals surface area contributed by atoms with E-state index < -0.39 is 21.0 Å². The Balaban J connectivity index is 1.96. The van der Waals surface area contributed by atoms with Gasteiger partial charge in [-0.3, -0.25) is 14.9 Å². The Hall–Kier alpha value is -2.24. The number of piperazine rings is 1. The summed E-state index contributed by atoms with van der Waals surface area (Å²) < 4.78 is 27.3. The van der Waals surface area contributed by atoms with Gasteiger partial charge < -0.3 is 14.7 Å². The number of carbonyl (C=O) groups is 1. The minimum atomic E-state index is -3.82. The Labute approximate surface area is 170 Å². The largest absolute Gasteiger partial charge is 0.354 e. The molecular formula is C18H27N5O5S. The maximum absolute atomic E-state index is 13.0. The third-order valence-corrected chi connectivity index (χ3v) is 7.43. The predicted octanol–water partition coefficient (Wildman–Crippen LogP) is 0.588. The number of carbonyl (C=O) groups excluding carboxylic acids is 1. The zero-order chi connectivity index (χ0) is 21.3. The second-order valence-corrected chi connectivity index (χ2v) is 9.64. The van der Waals surface area contributed by atoms with Crippen LogP contribution in [0.3, 0.4) is 0 Å². The lowest BCUT2D eigenvalue weighted by atomic mass is 10.1. The van der Waals surface area contributed by atoms with Crippen LogP contribution in [-0.4, -0.2) is 93.3 Å². The normalized spacial score (nSPS) is 21.3. The summed E-state index contributed by atoms with van der Waals surface area (Å²) in [5.41, 5.74) is -0.0105. The first-order valence-corrected chi connectivity index (χ1v) is 11.0. The molecule has 1 amide bonds. The van der Waals surface area contributed by atoms with E-state index in [0.29, 0.717) is 39.1 Å². The third-order valence-electron chi connectivity index (χ3n) is 5.53. The molecule has 0 spiro atoms. The number of sulfonamides is 1. The first kappa shape index (κ1) is 21.5. The molecule has 3 rings (SSSR count). The van der Waals surface area contributed by atoms with Crippen LogP contribution in [-0.2, 0) is 14.8 Å². The van der Waals surface area contributed by atoms with Crippen LogP contribution >= 0.6 is 0 Å². The molecule has 0 bridgehead atoms. The van der Waals surface area contributed by atoms with E-state index in [4.69, 9.17) is 0 Å². The van der Waals surface area contributed by atoms with E-state index >= 15 is 0 Å². The minimum absolute atomic E-state index is 0.0906. The van der Waals surface area contributed by atoms with Gasteiger partial charge in [0.2, 0.25) is 15.9 Å². The van der Waals surface area contributed by atoms with Crippen molar-refractivity contribution in [1.29, 1.82) is 0 Å². The monoisotopic (exact) mass is 425 g/mol. The molecule has 0 saturated carbocycles. The number of nitro groups is 1. The number of hydrogen-bond acceptors (Lipinski definition) is 7. The molecule has 2 saturated heterocycles. The van der Waals surface area contributed by atoms with Crippen molar-refractivity contribution >= 4 is 27.3 Å². The van der Waals surface area contributed by atoms with Crippen LogP contribution in [0.2, 0.25) is 0 Å². The maximum atomic E-state index is 13.0. The fraction of sp³-hybridized carbons (Fsp3) is 0.611. The van der Waals surface area contributed by atoms with Crippen LogP contribution in [0.15, 0.2) is 23.1 Å². The number of likely N-dealkylation sites (N-methyl/N-ethyl adjacent to an activating group) is 2. The van der Waals surface area contributed by atoms with Gasteiger partial charge in [0.25, 0.3) is 5.69 Å². The average Bonchev–Trinajstić information content (AvgIpc) is 3.16. The van der Waals surface area contributed by atoms with Gasteiger partial charge in [0.05, 0.1) is 9.82 Å². The van der Waals surface area contributed by atoms with E-state index in [1.807, 2.05) is 11.9 Å². The van der Waals surface area contributed by atoms with Crippen LogP contribution in [0.25, 0.3) is 0 Å². The summed E-state index contributed by atoms with van der Waals surface area (Å²) in [6, 6.07) is 3.51. The zero-order valence-electron chi connectivity index (χ0n) is 16.9. The lowest BCUT2D eigenvalue weighted by molar-refractivity contribution is -0.384. The van der Waals surface area contributed by atoms with Crippen molar-refractivity contribution in [3.05, 3.63) is 28.3 Å². The highest BCUT2D eigenvalue weighted by Gasteiger charge is 2.36. The van der Waals surface area contributed by atoms with Gasteiger partial charge in [-0.15, -0.1) is 0 Å². The topological polar surface area (TPSA) is 107 Å². The SMILES string of the molecule is CN1CCN(S(=O)(=O)c2ccc(N3CCC[C@H]3C(=O)N(C)C)c([N+](=O)[O-])c2)CC1. The summed E-state index contributed by atoms with van der Waals surface area (Å²) in [6.45, 7) is 2.43. The lowest BCUT2D eigenvalue weighted by Crippen LogP contribution is -2.47. The van der Waals surface area contributed by atoms with E-state index in [0.717, 1.165) is 12.5 Å². The third kappa shape index (κ3) is 4.21. The van der Waals surface area contributed by atoms with Crippen molar-refractivity contribution in [2.75, 3.05) is 58.8 Å². The average molecular weight is 426 g/mol. The minimum Gasteiger partial charge on any atom is -0.354 e. The standard InChI is InChI=1S/C18H27N5O5S/c1-19(2)18(24)16-5-4-8-22(16)15-7-6-14(13-17(15)23(25)26)29(27,28)21-11-9-20(3)10-12-21/h6-7,13,16H,4-5,8-12H2,1-3H3/t16-/m0/s1. The molecule has 10 nitrogen and oxygen atoms in total. The molecule has 0 N–H and O–H groups in total. The lowest BCUT2D eigenvalue weighted by Gasteiger charge is -2.31. The summed E-state index contributed by atoms with van der Waals surface area (Å²) >= 11 is 0. The van der Waals surface area contributed by atoms with Crippen LogP contribution < -0.4 is 4.90 Å². The van der Waals surface area contributed by atoms with E-state index in [9.17, 15) is 23.3 Å². The number of hydrogen-bond donors (Lipinski definition) is 0. The number of benzene rings is 1. The Bertz CT molecular complexity index is 896. The van der Waals surface area contributed by atoms with Crippen molar-refractivity contribution in [3.8, 4) is 0 Å². The second kappa shape index (κ2) is 8.25. The highest BCUT2D eigenvalue weighted by molar-refractivity contribution is 7.89. The summed E-state index contributed by atoms with van der Waals surface area (Å²) in [5.74, 6) is -0.120. The Kier molecular flexibility index (Phi) is 6.11. The molecular weight excluding hydrogens is 398 g/mol. The van der Waals surface area contributed by atoms with Gasteiger partial charge in [-0.25, -0.2) is 8.42 Å². The molecule has 0 aromatic heterocycles. The molecule has 1 atom stereocenters. The van der Waals surface area contributed by atoms with E-state index in [2.05, 4.69) is 0 Å². The van der Waals surface area contributed by atoms with E-state index in [-0.39, 0.29) is 22.2 Å². The molecule has 2 heterocycles. The highest BCUT2D eigenvalue weighted by atomic mass is 32.2. The van der Waals surface area contributed by atoms with Crippen LogP contribution in [0.5, 0.6) is 0 Å². The van der Waals surface area contributed by atoms with E-state index in [1.165, 1.54) is 21.3 Å². The fourth-order valence-corrected chi connectivity index (χ4v) is 5.28. The van der Waals surface area contributed by atoms with Gasteiger partial charge in [0, 0.05) is 52.9 Å². The van der Waals surface area contributed by atoms with Gasteiger partial charge in [0.15, 0.2) is 0 Å². The molecule has 0 unspecified atom stereocenters. The molecule has 160 valence electrons. The fourth-order valence-electron chi connectivity index (χ4n) is 3.84. The summed E-state index contributed by atoms with van der Waals surface area (Å²) in [6.07, 6.45) is 1.35. The number of nitro benzene ring substituents is 1. The molecule has 1 aromatic carbocycles. The van der Waals surface area contributed by atoms with E-state index in [1.54, 1.807) is 19.0 Å². The van der Waals surface area contributed by atoms with Gasteiger partial charge in [-0.05, 0) is 32.0 Å².